The van der Waals surface area contributed by atoms with Gasteiger partial charge in [-0.1, -0.05) is 11.6 Å². The predicted octanol–water partition coefficient (Wildman–Crippen LogP) is 0.0273. The summed E-state index contributed by atoms with van der Waals surface area (Å²) in [4.78, 5) is 4.18. The number of sulfonamides is 1. The smallest absolute Gasteiger partial charge is 0.258 e. The van der Waals surface area contributed by atoms with Crippen LogP contribution in [0.3, 0.4) is 0 Å². The number of nitrogens with zero attached hydrogens (tertiary/aromatic N) is 2. The molecule has 0 aliphatic carbocycles. The maximum atomic E-state index is 12.3. The van der Waals surface area contributed by atoms with Crippen molar-refractivity contribution < 1.29 is 8.42 Å². The molecular weight excluding hydrogens is 264 g/mol. The first kappa shape index (κ1) is 12.8. The van der Waals surface area contributed by atoms with Crippen LogP contribution in [0.25, 0.3) is 0 Å². The third-order valence-corrected chi connectivity index (χ3v) is 5.01. The molecule has 0 saturated carbocycles. The Morgan fingerprint density at radius 2 is 2.32 bits per heavy atom. The molecule has 2 N–H and O–H groups in total. The molecule has 104 valence electrons. The van der Waals surface area contributed by atoms with E-state index in [0.29, 0.717) is 11.6 Å². The number of nitrogens with one attached hydrogen (secondary N) is 2. The Balaban J connectivity index is 1.73. The SMILES string of the molecule is O=S(=O)(NCC1=CCNCC1)c1cnc2n1CCC2. The molecular formula is C12H18N4O2S. The summed E-state index contributed by atoms with van der Waals surface area (Å²) in [6, 6.07) is 0. The summed E-state index contributed by atoms with van der Waals surface area (Å²) in [5, 5.41) is 3.51. The molecule has 3 heterocycles. The van der Waals surface area contributed by atoms with Gasteiger partial charge >= 0.3 is 0 Å². The molecule has 0 saturated heterocycles. The van der Waals surface area contributed by atoms with Crippen molar-refractivity contribution in [2.75, 3.05) is 19.6 Å². The molecule has 19 heavy (non-hydrogen) atoms. The number of rotatable bonds is 4. The first-order valence-corrected chi connectivity index (χ1v) is 8.08. The summed E-state index contributed by atoms with van der Waals surface area (Å²) in [7, 11) is -3.45. The minimum Gasteiger partial charge on any atom is -0.318 e. The highest BCUT2D eigenvalue weighted by atomic mass is 32.2. The average molecular weight is 282 g/mol. The third kappa shape index (κ3) is 2.58. The zero-order valence-corrected chi connectivity index (χ0v) is 11.5. The highest BCUT2D eigenvalue weighted by Crippen LogP contribution is 2.19. The van der Waals surface area contributed by atoms with Crippen molar-refractivity contribution in [2.24, 2.45) is 0 Å². The van der Waals surface area contributed by atoms with Gasteiger partial charge in [0.1, 0.15) is 5.82 Å². The van der Waals surface area contributed by atoms with E-state index in [0.717, 1.165) is 50.3 Å². The van der Waals surface area contributed by atoms with Crippen molar-refractivity contribution >= 4 is 10.0 Å². The molecule has 0 spiro atoms. The number of fused-ring (bicyclic) bond motifs is 1. The third-order valence-electron chi connectivity index (χ3n) is 3.61. The molecule has 7 heteroatoms. The van der Waals surface area contributed by atoms with Gasteiger partial charge in [-0.15, -0.1) is 0 Å². The maximum absolute atomic E-state index is 12.3. The van der Waals surface area contributed by atoms with Gasteiger partial charge < -0.3 is 9.88 Å². The molecule has 0 atom stereocenters. The summed E-state index contributed by atoms with van der Waals surface area (Å²) < 4.78 is 29.0. The Morgan fingerprint density at radius 3 is 3.11 bits per heavy atom. The summed E-state index contributed by atoms with van der Waals surface area (Å²) >= 11 is 0. The lowest BCUT2D eigenvalue weighted by Gasteiger charge is -2.15. The zero-order valence-electron chi connectivity index (χ0n) is 10.7. The monoisotopic (exact) mass is 282 g/mol. The molecule has 0 fully saturated rings. The van der Waals surface area contributed by atoms with Crippen LogP contribution >= 0.6 is 0 Å². The second-order valence-corrected chi connectivity index (χ2v) is 6.62. The van der Waals surface area contributed by atoms with Crippen molar-refractivity contribution in [3.8, 4) is 0 Å². The van der Waals surface area contributed by atoms with Crippen LogP contribution in [0.4, 0.5) is 0 Å². The topological polar surface area (TPSA) is 76.0 Å². The summed E-state index contributed by atoms with van der Waals surface area (Å²) in [5.74, 6) is 0.876. The molecule has 1 aromatic rings. The van der Waals surface area contributed by atoms with Crippen molar-refractivity contribution in [3.05, 3.63) is 23.7 Å². The highest BCUT2D eigenvalue weighted by molar-refractivity contribution is 7.89. The number of hydrogen-bond donors (Lipinski definition) is 2. The fourth-order valence-electron chi connectivity index (χ4n) is 2.54. The lowest BCUT2D eigenvalue weighted by molar-refractivity contribution is 0.565. The van der Waals surface area contributed by atoms with Crippen LogP contribution in [-0.4, -0.2) is 37.6 Å². The predicted molar refractivity (Wildman–Crippen MR) is 71.3 cm³/mol. The minimum atomic E-state index is -3.45. The fraction of sp³-hybridized carbons (Fsp3) is 0.583. The lowest BCUT2D eigenvalue weighted by Crippen LogP contribution is -2.30. The summed E-state index contributed by atoms with van der Waals surface area (Å²) in [6.45, 7) is 2.87. The number of hydrogen-bond acceptors (Lipinski definition) is 4. The van der Waals surface area contributed by atoms with Crippen LogP contribution in [-0.2, 0) is 23.0 Å². The molecule has 0 unspecified atom stereocenters. The Hall–Kier alpha value is -1.18. The molecule has 1 aromatic heterocycles. The molecule has 0 amide bonds. The second kappa shape index (κ2) is 5.07. The minimum absolute atomic E-state index is 0.300. The van der Waals surface area contributed by atoms with E-state index in [9.17, 15) is 8.42 Å². The molecule has 3 rings (SSSR count). The van der Waals surface area contributed by atoms with Gasteiger partial charge in [-0.05, 0) is 19.4 Å². The van der Waals surface area contributed by atoms with Gasteiger partial charge in [0, 0.05) is 26.1 Å². The summed E-state index contributed by atoms with van der Waals surface area (Å²) in [5.41, 5.74) is 1.14. The van der Waals surface area contributed by atoms with Gasteiger partial charge in [-0.25, -0.2) is 18.1 Å². The van der Waals surface area contributed by atoms with E-state index in [1.165, 1.54) is 6.20 Å². The van der Waals surface area contributed by atoms with E-state index in [2.05, 4.69) is 15.0 Å². The molecule has 2 aliphatic heterocycles. The van der Waals surface area contributed by atoms with Crippen LogP contribution in [0.5, 0.6) is 0 Å². The van der Waals surface area contributed by atoms with Crippen molar-refractivity contribution in [1.82, 2.24) is 19.6 Å². The zero-order chi connectivity index (χ0) is 13.3. The van der Waals surface area contributed by atoms with Gasteiger partial charge in [0.25, 0.3) is 10.0 Å². The Morgan fingerprint density at radius 1 is 1.42 bits per heavy atom. The number of imidazole rings is 1. The van der Waals surface area contributed by atoms with Crippen LogP contribution in [0.2, 0.25) is 0 Å². The van der Waals surface area contributed by atoms with Crippen LogP contribution in [0.1, 0.15) is 18.7 Å². The second-order valence-electron chi connectivity index (χ2n) is 4.91. The molecule has 0 aromatic carbocycles. The molecule has 6 nitrogen and oxygen atoms in total. The largest absolute Gasteiger partial charge is 0.318 e. The van der Waals surface area contributed by atoms with Gasteiger partial charge in [0.15, 0.2) is 5.03 Å². The van der Waals surface area contributed by atoms with Crippen LogP contribution in [0.15, 0.2) is 22.9 Å². The van der Waals surface area contributed by atoms with E-state index in [1.807, 2.05) is 6.08 Å². The average Bonchev–Trinajstić information content (AvgIpc) is 3.00. The molecule has 2 aliphatic rings. The molecule has 0 bridgehead atoms. The Labute approximate surface area is 113 Å². The maximum Gasteiger partial charge on any atom is 0.258 e. The first-order valence-electron chi connectivity index (χ1n) is 6.59. The number of aromatic nitrogens is 2. The van der Waals surface area contributed by atoms with E-state index >= 15 is 0 Å². The standard InChI is InChI=1S/C12H18N4O2S/c17-19(18,15-8-10-3-5-13-6-4-10)12-9-14-11-2-1-7-16(11)12/h3,9,13,15H,1-2,4-8H2. The molecule has 0 radical (unpaired) electrons. The normalized spacial score (nSPS) is 19.3. The number of aryl methyl sites for hydroxylation is 1. The fourth-order valence-corrected chi connectivity index (χ4v) is 3.74. The Bertz CT molecular complexity index is 603. The van der Waals surface area contributed by atoms with E-state index in [-0.39, 0.29) is 0 Å². The van der Waals surface area contributed by atoms with Gasteiger partial charge in [0.2, 0.25) is 0 Å². The summed E-state index contributed by atoms with van der Waals surface area (Å²) in [6.07, 6.45) is 6.25. The quantitative estimate of drug-likeness (QED) is 0.764. The Kier molecular flexibility index (Phi) is 3.42. The van der Waals surface area contributed by atoms with Crippen LogP contribution in [0, 0.1) is 0 Å². The lowest BCUT2D eigenvalue weighted by atomic mass is 10.1. The van der Waals surface area contributed by atoms with Crippen molar-refractivity contribution in [1.29, 1.82) is 0 Å². The van der Waals surface area contributed by atoms with Crippen molar-refractivity contribution in [3.63, 3.8) is 0 Å². The van der Waals surface area contributed by atoms with E-state index in [1.54, 1.807) is 4.57 Å². The van der Waals surface area contributed by atoms with Gasteiger partial charge in [-0.2, -0.15) is 0 Å². The van der Waals surface area contributed by atoms with E-state index < -0.39 is 10.0 Å². The van der Waals surface area contributed by atoms with Gasteiger partial charge in [-0.3, -0.25) is 0 Å². The van der Waals surface area contributed by atoms with E-state index in [4.69, 9.17) is 0 Å². The highest BCUT2D eigenvalue weighted by Gasteiger charge is 2.24. The van der Waals surface area contributed by atoms with Gasteiger partial charge in [0.05, 0.1) is 6.20 Å². The van der Waals surface area contributed by atoms with Crippen LogP contribution < -0.4 is 10.0 Å². The van der Waals surface area contributed by atoms with Crippen molar-refractivity contribution in [2.45, 2.75) is 30.8 Å². The first-order chi connectivity index (χ1) is 9.17.